The van der Waals surface area contributed by atoms with Crippen molar-refractivity contribution in [1.82, 2.24) is 24.9 Å². The molecule has 2 heterocycles. The number of halogens is 1. The van der Waals surface area contributed by atoms with Crippen LogP contribution in [0.15, 0.2) is 54.9 Å². The molecule has 30 heavy (non-hydrogen) atoms. The zero-order valence-corrected chi connectivity index (χ0v) is 17.4. The molecule has 4 N–H and O–H groups in total. The SMILES string of the molecule is CS(=O)(=O)NCc1ccc(Nc2n[nH]c3ncnc(Nc4cccc(Cl)c4)c23)cc1. The first-order valence-electron chi connectivity index (χ1n) is 8.90. The van der Waals surface area contributed by atoms with Gasteiger partial charge in [0.2, 0.25) is 10.0 Å². The van der Waals surface area contributed by atoms with E-state index in [0.717, 1.165) is 23.2 Å². The second-order valence-corrected chi connectivity index (χ2v) is 8.84. The van der Waals surface area contributed by atoms with Crippen LogP contribution >= 0.6 is 11.6 Å². The minimum absolute atomic E-state index is 0.228. The van der Waals surface area contributed by atoms with Gasteiger partial charge in [0.05, 0.1) is 6.26 Å². The number of hydrogen-bond acceptors (Lipinski definition) is 7. The van der Waals surface area contributed by atoms with Crippen LogP contribution in [0.5, 0.6) is 0 Å². The highest BCUT2D eigenvalue weighted by molar-refractivity contribution is 7.88. The van der Waals surface area contributed by atoms with E-state index >= 15 is 0 Å². The largest absolute Gasteiger partial charge is 0.339 e. The Morgan fingerprint density at radius 1 is 1.00 bits per heavy atom. The number of H-pyrrole nitrogens is 1. The van der Waals surface area contributed by atoms with Gasteiger partial charge in [-0.15, -0.1) is 0 Å². The molecule has 0 aliphatic carbocycles. The number of rotatable bonds is 7. The minimum Gasteiger partial charge on any atom is -0.339 e. The summed E-state index contributed by atoms with van der Waals surface area (Å²) >= 11 is 6.07. The average Bonchev–Trinajstić information content (AvgIpc) is 3.11. The van der Waals surface area contributed by atoms with E-state index in [-0.39, 0.29) is 6.54 Å². The van der Waals surface area contributed by atoms with Crippen LogP contribution in [0.2, 0.25) is 5.02 Å². The quantitative estimate of drug-likeness (QED) is 0.344. The fourth-order valence-corrected chi connectivity index (χ4v) is 3.42. The van der Waals surface area contributed by atoms with Gasteiger partial charge in [-0.1, -0.05) is 29.8 Å². The van der Waals surface area contributed by atoms with Gasteiger partial charge >= 0.3 is 0 Å². The second kappa shape index (κ2) is 8.27. The molecule has 2 aromatic carbocycles. The van der Waals surface area contributed by atoms with Gasteiger partial charge in [-0.2, -0.15) is 5.10 Å². The van der Waals surface area contributed by atoms with Crippen LogP contribution in [0.25, 0.3) is 11.0 Å². The van der Waals surface area contributed by atoms with E-state index in [2.05, 4.69) is 35.5 Å². The normalized spacial score (nSPS) is 11.5. The van der Waals surface area contributed by atoms with Crippen molar-refractivity contribution < 1.29 is 8.42 Å². The highest BCUT2D eigenvalue weighted by Gasteiger charge is 2.13. The Kier molecular flexibility index (Phi) is 5.53. The lowest BCUT2D eigenvalue weighted by Crippen LogP contribution is -2.21. The van der Waals surface area contributed by atoms with Gasteiger partial charge in [-0.05, 0) is 35.9 Å². The van der Waals surface area contributed by atoms with E-state index in [9.17, 15) is 8.42 Å². The number of hydrogen-bond donors (Lipinski definition) is 4. The van der Waals surface area contributed by atoms with Crippen LogP contribution in [-0.4, -0.2) is 34.8 Å². The highest BCUT2D eigenvalue weighted by Crippen LogP contribution is 2.30. The minimum atomic E-state index is -3.24. The number of aromatic nitrogens is 4. The van der Waals surface area contributed by atoms with Gasteiger partial charge in [0.1, 0.15) is 17.5 Å². The van der Waals surface area contributed by atoms with Crippen molar-refractivity contribution in [1.29, 1.82) is 0 Å². The van der Waals surface area contributed by atoms with Crippen molar-refractivity contribution in [2.75, 3.05) is 16.9 Å². The third-order valence-corrected chi connectivity index (χ3v) is 5.10. The van der Waals surface area contributed by atoms with Crippen molar-refractivity contribution >= 4 is 55.7 Å². The second-order valence-electron chi connectivity index (χ2n) is 6.57. The number of anilines is 4. The van der Waals surface area contributed by atoms with Crippen LogP contribution in [0, 0.1) is 0 Å². The summed E-state index contributed by atoms with van der Waals surface area (Å²) in [5, 5.41) is 15.0. The first-order valence-corrected chi connectivity index (χ1v) is 11.2. The van der Waals surface area contributed by atoms with Crippen LogP contribution in [-0.2, 0) is 16.6 Å². The molecular formula is C19H18ClN7O2S. The number of nitrogens with zero attached hydrogens (tertiary/aromatic N) is 3. The van der Waals surface area contributed by atoms with E-state index in [1.807, 2.05) is 36.4 Å². The monoisotopic (exact) mass is 443 g/mol. The van der Waals surface area contributed by atoms with Crippen LogP contribution < -0.4 is 15.4 Å². The molecule has 0 amide bonds. The third kappa shape index (κ3) is 4.85. The summed E-state index contributed by atoms with van der Waals surface area (Å²) < 4.78 is 24.9. The molecule has 4 rings (SSSR count). The Labute approximate surface area is 178 Å². The van der Waals surface area contributed by atoms with Crippen molar-refractivity contribution in [3.8, 4) is 0 Å². The topological polar surface area (TPSA) is 125 Å². The van der Waals surface area contributed by atoms with E-state index in [1.54, 1.807) is 12.1 Å². The molecule has 4 aromatic rings. The Morgan fingerprint density at radius 2 is 1.77 bits per heavy atom. The summed E-state index contributed by atoms with van der Waals surface area (Å²) in [7, 11) is -3.24. The molecule has 0 radical (unpaired) electrons. The molecule has 0 bridgehead atoms. The van der Waals surface area contributed by atoms with Crippen LogP contribution in [0.3, 0.4) is 0 Å². The highest BCUT2D eigenvalue weighted by atomic mass is 35.5. The number of fused-ring (bicyclic) bond motifs is 1. The van der Waals surface area contributed by atoms with Crippen molar-refractivity contribution in [2.24, 2.45) is 0 Å². The lowest BCUT2D eigenvalue weighted by atomic mass is 10.2. The van der Waals surface area contributed by atoms with E-state index < -0.39 is 10.0 Å². The number of aromatic amines is 1. The van der Waals surface area contributed by atoms with Crippen LogP contribution in [0.1, 0.15) is 5.56 Å². The van der Waals surface area contributed by atoms with Crippen molar-refractivity contribution in [2.45, 2.75) is 6.54 Å². The summed E-state index contributed by atoms with van der Waals surface area (Å²) in [6, 6.07) is 14.7. The Balaban J connectivity index is 1.57. The molecule has 0 unspecified atom stereocenters. The molecule has 0 atom stereocenters. The van der Waals surface area contributed by atoms with Gasteiger partial charge in [-0.3, -0.25) is 5.10 Å². The predicted molar refractivity (Wildman–Crippen MR) is 118 cm³/mol. The lowest BCUT2D eigenvalue weighted by molar-refractivity contribution is 0.587. The Hall–Kier alpha value is -3.21. The molecular weight excluding hydrogens is 426 g/mol. The molecule has 9 nitrogen and oxygen atoms in total. The van der Waals surface area contributed by atoms with Gasteiger partial charge in [0.25, 0.3) is 0 Å². The number of benzene rings is 2. The predicted octanol–water partition coefficient (Wildman–Crippen LogP) is 3.54. The summed E-state index contributed by atoms with van der Waals surface area (Å²) in [4.78, 5) is 8.56. The zero-order valence-electron chi connectivity index (χ0n) is 15.8. The smallest absolute Gasteiger partial charge is 0.209 e. The molecule has 154 valence electrons. The van der Waals surface area contributed by atoms with Crippen molar-refractivity contribution in [3.05, 3.63) is 65.4 Å². The van der Waals surface area contributed by atoms with Gasteiger partial charge < -0.3 is 10.6 Å². The van der Waals surface area contributed by atoms with Gasteiger partial charge in [0, 0.05) is 22.9 Å². The summed E-state index contributed by atoms with van der Waals surface area (Å²) in [5.41, 5.74) is 2.98. The fraction of sp³-hybridized carbons (Fsp3) is 0.105. The van der Waals surface area contributed by atoms with Gasteiger partial charge in [0.15, 0.2) is 11.5 Å². The summed E-state index contributed by atoms with van der Waals surface area (Å²) in [6.45, 7) is 0.228. The Morgan fingerprint density at radius 3 is 2.50 bits per heavy atom. The molecule has 0 saturated carbocycles. The maximum Gasteiger partial charge on any atom is 0.209 e. The molecule has 0 aliphatic heterocycles. The van der Waals surface area contributed by atoms with E-state index in [1.165, 1.54) is 6.33 Å². The van der Waals surface area contributed by atoms with Gasteiger partial charge in [-0.25, -0.2) is 23.1 Å². The zero-order chi connectivity index (χ0) is 21.1. The molecule has 0 saturated heterocycles. The lowest BCUT2D eigenvalue weighted by Gasteiger charge is -2.09. The van der Waals surface area contributed by atoms with E-state index in [4.69, 9.17) is 11.6 Å². The molecule has 0 aliphatic rings. The maximum atomic E-state index is 11.2. The first kappa shape index (κ1) is 20.1. The van der Waals surface area contributed by atoms with E-state index in [0.29, 0.717) is 27.7 Å². The van der Waals surface area contributed by atoms with Crippen LogP contribution in [0.4, 0.5) is 23.0 Å². The number of nitrogens with one attached hydrogen (secondary N) is 4. The standard InChI is InChI=1S/C19H18ClN7O2S/c1-30(28,29)23-10-12-5-7-14(8-6-12)24-19-16-17(21-11-22-18(16)26-27-19)25-15-4-2-3-13(20)9-15/h2-9,11,23H,10H2,1H3,(H3,21,22,24,25,26,27). The Bertz CT molecular complexity index is 1290. The third-order valence-electron chi connectivity index (χ3n) is 4.20. The molecule has 11 heteroatoms. The number of sulfonamides is 1. The summed E-state index contributed by atoms with van der Waals surface area (Å²) in [6.07, 6.45) is 2.57. The maximum absolute atomic E-state index is 11.2. The molecule has 0 fully saturated rings. The fourth-order valence-electron chi connectivity index (χ4n) is 2.80. The molecule has 2 aromatic heterocycles. The van der Waals surface area contributed by atoms with Crippen molar-refractivity contribution in [3.63, 3.8) is 0 Å². The first-order chi connectivity index (χ1) is 14.4. The summed E-state index contributed by atoms with van der Waals surface area (Å²) in [5.74, 6) is 1.13. The average molecular weight is 444 g/mol. The molecule has 0 spiro atoms.